The fraction of sp³-hybridized carbons (Fsp3) is 0.688. The zero-order valence-electron chi connectivity index (χ0n) is 12.5. The molecule has 0 bridgehead atoms. The van der Waals surface area contributed by atoms with Gasteiger partial charge in [0.25, 0.3) is 0 Å². The Labute approximate surface area is 122 Å². The summed E-state index contributed by atoms with van der Waals surface area (Å²) in [5.41, 5.74) is 4.09. The van der Waals surface area contributed by atoms with Crippen molar-refractivity contribution in [2.75, 3.05) is 6.61 Å². The van der Waals surface area contributed by atoms with E-state index in [2.05, 4.69) is 16.5 Å². The maximum Gasteiger partial charge on any atom is 0.137 e. The van der Waals surface area contributed by atoms with Gasteiger partial charge < -0.3 is 4.74 Å². The van der Waals surface area contributed by atoms with Gasteiger partial charge in [-0.25, -0.2) is 0 Å². The average Bonchev–Trinajstić information content (AvgIpc) is 2.74. The second-order valence-corrected chi connectivity index (χ2v) is 5.70. The molecule has 0 amide bonds. The number of aromatic nitrogens is 1. The number of hydrogen-bond donors (Lipinski definition) is 2. The number of ether oxygens (including phenoxy) is 1. The Bertz CT molecular complexity index is 389. The fourth-order valence-electron chi connectivity index (χ4n) is 3.11. The summed E-state index contributed by atoms with van der Waals surface area (Å²) in [5, 5.41) is 0. The van der Waals surface area contributed by atoms with E-state index in [4.69, 9.17) is 10.6 Å². The summed E-state index contributed by atoms with van der Waals surface area (Å²) >= 11 is 0. The van der Waals surface area contributed by atoms with Crippen LogP contribution in [0.25, 0.3) is 0 Å². The van der Waals surface area contributed by atoms with Crippen LogP contribution in [0.1, 0.15) is 63.5 Å². The molecule has 20 heavy (non-hydrogen) atoms. The van der Waals surface area contributed by atoms with Gasteiger partial charge in [0.1, 0.15) is 5.75 Å². The number of pyridine rings is 1. The number of nitrogens with one attached hydrogen (secondary N) is 1. The molecule has 4 heteroatoms. The predicted molar refractivity (Wildman–Crippen MR) is 81.3 cm³/mol. The van der Waals surface area contributed by atoms with E-state index in [-0.39, 0.29) is 6.04 Å². The van der Waals surface area contributed by atoms with Gasteiger partial charge in [0.05, 0.1) is 12.8 Å². The Kier molecular flexibility index (Phi) is 6.27. The summed E-state index contributed by atoms with van der Waals surface area (Å²) in [6, 6.07) is 2.23. The molecular formula is C16H27N3O. The van der Waals surface area contributed by atoms with Crippen molar-refractivity contribution in [2.45, 2.75) is 57.9 Å². The van der Waals surface area contributed by atoms with E-state index in [0.29, 0.717) is 6.61 Å². The quantitative estimate of drug-likeness (QED) is 0.475. The molecule has 0 aliphatic heterocycles. The third-order valence-electron chi connectivity index (χ3n) is 4.19. The number of hydrazine groups is 1. The van der Waals surface area contributed by atoms with E-state index < -0.39 is 0 Å². The Hall–Kier alpha value is -1.13. The zero-order valence-corrected chi connectivity index (χ0v) is 12.5. The van der Waals surface area contributed by atoms with Crippen LogP contribution in [0.3, 0.4) is 0 Å². The number of hydrogen-bond acceptors (Lipinski definition) is 4. The van der Waals surface area contributed by atoms with Crippen LogP contribution >= 0.6 is 0 Å². The Morgan fingerprint density at radius 3 is 2.70 bits per heavy atom. The van der Waals surface area contributed by atoms with E-state index >= 15 is 0 Å². The molecule has 2 rings (SSSR count). The van der Waals surface area contributed by atoms with Gasteiger partial charge in [-0.1, -0.05) is 38.5 Å². The summed E-state index contributed by atoms with van der Waals surface area (Å²) in [6.45, 7) is 2.64. The van der Waals surface area contributed by atoms with Gasteiger partial charge in [-0.2, -0.15) is 0 Å². The van der Waals surface area contributed by atoms with Crippen molar-refractivity contribution >= 4 is 0 Å². The lowest BCUT2D eigenvalue weighted by Gasteiger charge is -2.22. The number of nitrogens with zero attached hydrogens (tertiary/aromatic N) is 1. The summed E-state index contributed by atoms with van der Waals surface area (Å²) < 4.78 is 5.52. The second-order valence-electron chi connectivity index (χ2n) is 5.70. The summed E-state index contributed by atoms with van der Waals surface area (Å²) in [4.78, 5) is 4.26. The van der Waals surface area contributed by atoms with E-state index in [9.17, 15) is 0 Å². The lowest BCUT2D eigenvalue weighted by Crippen LogP contribution is -2.29. The van der Waals surface area contributed by atoms with Crippen LogP contribution < -0.4 is 16.0 Å². The molecule has 3 N–H and O–H groups in total. The molecule has 0 aromatic carbocycles. The highest BCUT2D eigenvalue weighted by molar-refractivity contribution is 5.26. The average molecular weight is 277 g/mol. The topological polar surface area (TPSA) is 60.2 Å². The van der Waals surface area contributed by atoms with E-state index in [1.54, 1.807) is 6.20 Å². The van der Waals surface area contributed by atoms with Crippen molar-refractivity contribution in [1.29, 1.82) is 0 Å². The highest BCUT2D eigenvalue weighted by Crippen LogP contribution is 2.31. The molecule has 1 aliphatic rings. The van der Waals surface area contributed by atoms with Crippen LogP contribution in [0.4, 0.5) is 0 Å². The fourth-order valence-corrected chi connectivity index (χ4v) is 3.11. The minimum atomic E-state index is 0.172. The maximum absolute atomic E-state index is 5.77. The Morgan fingerprint density at radius 1 is 1.30 bits per heavy atom. The molecule has 1 aromatic heterocycles. The molecule has 1 unspecified atom stereocenters. The van der Waals surface area contributed by atoms with Crippen LogP contribution in [-0.2, 0) is 0 Å². The molecule has 4 nitrogen and oxygen atoms in total. The Balaban J connectivity index is 2.01. The van der Waals surface area contributed by atoms with Crippen molar-refractivity contribution in [2.24, 2.45) is 11.8 Å². The molecule has 1 heterocycles. The van der Waals surface area contributed by atoms with Gasteiger partial charge in [-0.05, 0) is 30.9 Å². The van der Waals surface area contributed by atoms with Gasteiger partial charge in [0.15, 0.2) is 0 Å². The second kappa shape index (κ2) is 8.22. The normalized spacial score (nSPS) is 18.5. The van der Waals surface area contributed by atoms with E-state index in [1.165, 1.54) is 38.5 Å². The van der Waals surface area contributed by atoms with Gasteiger partial charge >= 0.3 is 0 Å². The highest BCUT2D eigenvalue weighted by atomic mass is 16.5. The molecule has 1 aromatic rings. The SMILES string of the molecule is CCOc1cncc(C(CC2CCCCCC2)NN)c1. The van der Waals surface area contributed by atoms with Gasteiger partial charge in [0, 0.05) is 12.2 Å². The molecular weight excluding hydrogens is 250 g/mol. The smallest absolute Gasteiger partial charge is 0.137 e. The molecule has 0 spiro atoms. The van der Waals surface area contributed by atoms with Crippen LogP contribution in [0.2, 0.25) is 0 Å². The van der Waals surface area contributed by atoms with E-state index in [0.717, 1.165) is 23.7 Å². The van der Waals surface area contributed by atoms with Gasteiger partial charge in [0.2, 0.25) is 0 Å². The van der Waals surface area contributed by atoms with Gasteiger partial charge in [-0.3, -0.25) is 16.3 Å². The molecule has 1 atom stereocenters. The predicted octanol–water partition coefficient (Wildman–Crippen LogP) is 3.35. The first kappa shape index (κ1) is 15.3. The van der Waals surface area contributed by atoms with Crippen molar-refractivity contribution in [3.63, 3.8) is 0 Å². The molecule has 1 fully saturated rings. The number of rotatable bonds is 6. The first-order valence-corrected chi connectivity index (χ1v) is 7.87. The standard InChI is InChI=1S/C16H27N3O/c1-2-20-15-10-14(11-18-12-15)16(19-17)9-13-7-5-3-4-6-8-13/h10-13,16,19H,2-9,17H2,1H3. The van der Waals surface area contributed by atoms with Crippen LogP contribution in [0.5, 0.6) is 5.75 Å². The van der Waals surface area contributed by atoms with Crippen LogP contribution in [0, 0.1) is 5.92 Å². The maximum atomic E-state index is 5.77. The minimum Gasteiger partial charge on any atom is -0.492 e. The zero-order chi connectivity index (χ0) is 14.2. The molecule has 1 saturated carbocycles. The highest BCUT2D eigenvalue weighted by Gasteiger charge is 2.19. The van der Waals surface area contributed by atoms with Crippen molar-refractivity contribution in [1.82, 2.24) is 10.4 Å². The monoisotopic (exact) mass is 277 g/mol. The van der Waals surface area contributed by atoms with Crippen molar-refractivity contribution in [3.8, 4) is 5.75 Å². The van der Waals surface area contributed by atoms with Crippen LogP contribution in [0.15, 0.2) is 18.5 Å². The Morgan fingerprint density at radius 2 is 2.05 bits per heavy atom. The largest absolute Gasteiger partial charge is 0.492 e. The summed E-state index contributed by atoms with van der Waals surface area (Å²) in [7, 11) is 0. The third-order valence-corrected chi connectivity index (χ3v) is 4.19. The van der Waals surface area contributed by atoms with Gasteiger partial charge in [-0.15, -0.1) is 0 Å². The lowest BCUT2D eigenvalue weighted by atomic mass is 9.90. The van der Waals surface area contributed by atoms with Crippen LogP contribution in [-0.4, -0.2) is 11.6 Å². The summed E-state index contributed by atoms with van der Waals surface area (Å²) in [6.07, 6.45) is 12.9. The first-order valence-electron chi connectivity index (χ1n) is 7.87. The van der Waals surface area contributed by atoms with Crippen molar-refractivity contribution in [3.05, 3.63) is 24.0 Å². The number of nitrogens with two attached hydrogens (primary N) is 1. The molecule has 0 saturated heterocycles. The van der Waals surface area contributed by atoms with Crippen molar-refractivity contribution < 1.29 is 4.74 Å². The summed E-state index contributed by atoms with van der Waals surface area (Å²) in [5.74, 6) is 7.36. The third kappa shape index (κ3) is 4.46. The molecule has 112 valence electrons. The minimum absolute atomic E-state index is 0.172. The van der Waals surface area contributed by atoms with E-state index in [1.807, 2.05) is 13.1 Å². The molecule has 0 radical (unpaired) electrons. The lowest BCUT2D eigenvalue weighted by molar-refractivity contribution is 0.334. The molecule has 1 aliphatic carbocycles. The first-order chi connectivity index (χ1) is 9.83.